The molecular weight excluding hydrogens is 533 g/mol. The molecule has 0 saturated carbocycles. The standard InChI is InChI=1S/C18H10S.C5H8O2.Ir/c1-3-9-15-13(6-1)8-5-10-16(15)18-12-14-7-2-4-11-17(14)19-18;1-4(6)3-5(2)7;/h1-9,11H;3,6H,1-2H3;/q-2;;/b;4-3-;. The van der Waals surface area contributed by atoms with Crippen LogP contribution in [-0.4, -0.2) is 10.9 Å². The predicted octanol–water partition coefficient (Wildman–Crippen LogP) is 6.36. The monoisotopic (exact) mass is 551 g/mol. The van der Waals surface area contributed by atoms with E-state index in [0.29, 0.717) is 0 Å². The van der Waals surface area contributed by atoms with Gasteiger partial charge in [-0.05, 0) is 13.8 Å². The smallest absolute Gasteiger partial charge is 0.155 e. The van der Waals surface area contributed by atoms with Crippen molar-refractivity contribution in [3.63, 3.8) is 0 Å². The van der Waals surface area contributed by atoms with Crippen molar-refractivity contribution in [2.75, 3.05) is 0 Å². The second-order valence-electron chi connectivity index (χ2n) is 5.89. The van der Waals surface area contributed by atoms with Crippen molar-refractivity contribution < 1.29 is 30.0 Å². The number of rotatable bonds is 2. The van der Waals surface area contributed by atoms with E-state index in [1.54, 1.807) is 11.3 Å². The average molecular weight is 551 g/mol. The number of carbonyl (C=O) groups is 1. The van der Waals surface area contributed by atoms with Gasteiger partial charge in [0.2, 0.25) is 0 Å². The number of thiophene rings is 1. The molecule has 4 heteroatoms. The zero-order valence-corrected chi connectivity index (χ0v) is 18.2. The number of benzene rings is 3. The van der Waals surface area contributed by atoms with Gasteiger partial charge in [0.25, 0.3) is 0 Å². The van der Waals surface area contributed by atoms with Crippen molar-refractivity contribution in [3.05, 3.63) is 84.6 Å². The van der Waals surface area contributed by atoms with Crippen LogP contribution in [-0.2, 0) is 24.9 Å². The fourth-order valence-corrected chi connectivity index (χ4v) is 3.70. The van der Waals surface area contributed by atoms with Gasteiger partial charge in [0.05, 0.1) is 5.76 Å². The van der Waals surface area contributed by atoms with Crippen molar-refractivity contribution in [1.29, 1.82) is 0 Å². The zero-order chi connectivity index (χ0) is 18.5. The molecule has 2 nitrogen and oxygen atoms in total. The maximum absolute atomic E-state index is 10.0. The van der Waals surface area contributed by atoms with Gasteiger partial charge in [0, 0.05) is 26.2 Å². The second-order valence-corrected chi connectivity index (χ2v) is 6.94. The number of hydrogen-bond donors (Lipinski definition) is 1. The number of ketones is 1. The third-order valence-electron chi connectivity index (χ3n) is 3.71. The van der Waals surface area contributed by atoms with Gasteiger partial charge in [-0.3, -0.25) is 16.1 Å². The predicted molar refractivity (Wildman–Crippen MR) is 110 cm³/mol. The maximum Gasteiger partial charge on any atom is 0.155 e. The molecule has 0 atom stereocenters. The molecule has 0 aliphatic carbocycles. The number of aliphatic hydroxyl groups is 1. The Hall–Kier alpha value is -2.26. The third-order valence-corrected chi connectivity index (χ3v) is 4.79. The van der Waals surface area contributed by atoms with E-state index in [4.69, 9.17) is 5.11 Å². The summed E-state index contributed by atoms with van der Waals surface area (Å²) in [5.41, 5.74) is 1.15. The Kier molecular flexibility index (Phi) is 7.49. The molecule has 3 aromatic carbocycles. The molecule has 4 aromatic rings. The minimum absolute atomic E-state index is 0. The summed E-state index contributed by atoms with van der Waals surface area (Å²) in [6.45, 7) is 2.85. The number of aliphatic hydroxyl groups excluding tert-OH is 1. The largest absolute Gasteiger partial charge is 0.512 e. The van der Waals surface area contributed by atoms with Crippen LogP contribution in [0.15, 0.2) is 72.5 Å². The van der Waals surface area contributed by atoms with Crippen LogP contribution in [0.1, 0.15) is 13.8 Å². The summed E-state index contributed by atoms with van der Waals surface area (Å²) >= 11 is 1.78. The molecule has 1 heterocycles. The van der Waals surface area contributed by atoms with E-state index >= 15 is 0 Å². The van der Waals surface area contributed by atoms with Crippen LogP contribution in [0.4, 0.5) is 0 Å². The molecule has 0 aliphatic heterocycles. The topological polar surface area (TPSA) is 37.3 Å². The summed E-state index contributed by atoms with van der Waals surface area (Å²) in [6.07, 6.45) is 1.17. The molecule has 0 spiro atoms. The molecule has 0 bridgehead atoms. The van der Waals surface area contributed by atoms with Crippen LogP contribution in [0.3, 0.4) is 0 Å². The van der Waals surface area contributed by atoms with Crippen molar-refractivity contribution in [2.24, 2.45) is 0 Å². The normalized spacial score (nSPS) is 10.8. The fourth-order valence-electron chi connectivity index (χ4n) is 2.67. The van der Waals surface area contributed by atoms with Gasteiger partial charge in [0.15, 0.2) is 5.78 Å². The summed E-state index contributed by atoms with van der Waals surface area (Å²) in [6, 6.07) is 27.8. The molecule has 0 saturated heterocycles. The van der Waals surface area contributed by atoms with E-state index in [0.717, 1.165) is 10.4 Å². The quantitative estimate of drug-likeness (QED) is 0.179. The first-order valence-electron chi connectivity index (χ1n) is 8.23. The Morgan fingerprint density at radius 2 is 1.74 bits per heavy atom. The van der Waals surface area contributed by atoms with E-state index in [1.165, 1.54) is 40.8 Å². The Bertz CT molecular complexity index is 1050. The molecule has 0 aliphatic rings. The van der Waals surface area contributed by atoms with Crippen molar-refractivity contribution >= 4 is 38.0 Å². The van der Waals surface area contributed by atoms with E-state index in [1.807, 2.05) is 6.07 Å². The van der Waals surface area contributed by atoms with Crippen molar-refractivity contribution in [1.82, 2.24) is 0 Å². The molecule has 0 amide bonds. The van der Waals surface area contributed by atoms with Crippen molar-refractivity contribution in [3.8, 4) is 10.4 Å². The van der Waals surface area contributed by atoms with Gasteiger partial charge in [-0.2, -0.15) is 18.2 Å². The van der Waals surface area contributed by atoms with Gasteiger partial charge < -0.3 is 5.11 Å². The van der Waals surface area contributed by atoms with Gasteiger partial charge >= 0.3 is 0 Å². The minimum atomic E-state index is -0.125. The summed E-state index contributed by atoms with van der Waals surface area (Å²) < 4.78 is 1.28. The number of carbonyl (C=O) groups excluding carboxylic acids is 1. The first-order valence-corrected chi connectivity index (χ1v) is 9.05. The van der Waals surface area contributed by atoms with Gasteiger partial charge in [-0.25, -0.2) is 5.56 Å². The molecular formula is C23H18IrO2S-2. The zero-order valence-electron chi connectivity index (χ0n) is 14.9. The average Bonchev–Trinajstić information content (AvgIpc) is 3.04. The Morgan fingerprint density at radius 3 is 2.41 bits per heavy atom. The number of allylic oxidation sites excluding steroid dienone is 2. The number of fused-ring (bicyclic) bond motifs is 2. The summed E-state index contributed by atoms with van der Waals surface area (Å²) in [5.74, 6) is -0.0625. The fraction of sp³-hybridized carbons (Fsp3) is 0.0870. The van der Waals surface area contributed by atoms with Gasteiger partial charge in [-0.1, -0.05) is 35.0 Å². The molecule has 0 fully saturated rings. The van der Waals surface area contributed by atoms with Crippen molar-refractivity contribution in [2.45, 2.75) is 13.8 Å². The van der Waals surface area contributed by atoms with Crippen LogP contribution in [0.25, 0.3) is 31.3 Å². The molecule has 139 valence electrons. The Balaban J connectivity index is 0.000000285. The van der Waals surface area contributed by atoms with Gasteiger partial charge in [-0.15, -0.1) is 45.3 Å². The summed E-state index contributed by atoms with van der Waals surface area (Å²) in [4.78, 5) is 11.2. The SMILES string of the molecule is CC(=O)/C=C(/C)O.[Ir].[c-]1ccc2ccccc2c1-c1[c-]c2ccccc2s1. The Morgan fingerprint density at radius 1 is 1.04 bits per heavy atom. The van der Waals surface area contributed by atoms with Gasteiger partial charge in [0.1, 0.15) is 0 Å². The van der Waals surface area contributed by atoms with Crippen LogP contribution in [0.5, 0.6) is 0 Å². The van der Waals surface area contributed by atoms with E-state index < -0.39 is 0 Å². The second kappa shape index (κ2) is 9.61. The molecule has 4 rings (SSSR count). The number of hydrogen-bond acceptors (Lipinski definition) is 3. The van der Waals surface area contributed by atoms with E-state index in [-0.39, 0.29) is 31.6 Å². The minimum Gasteiger partial charge on any atom is -0.512 e. The van der Waals surface area contributed by atoms with E-state index in [9.17, 15) is 4.79 Å². The summed E-state index contributed by atoms with van der Waals surface area (Å²) in [5, 5.41) is 12.0. The van der Waals surface area contributed by atoms with Crippen LogP contribution in [0.2, 0.25) is 0 Å². The molecule has 1 N–H and O–H groups in total. The molecule has 27 heavy (non-hydrogen) atoms. The van der Waals surface area contributed by atoms with E-state index in [2.05, 4.69) is 66.7 Å². The molecule has 0 unspecified atom stereocenters. The van der Waals surface area contributed by atoms with Crippen LogP contribution in [0, 0.1) is 12.1 Å². The first kappa shape index (κ1) is 21.0. The van der Waals surface area contributed by atoms with Crippen LogP contribution >= 0.6 is 11.3 Å². The summed E-state index contributed by atoms with van der Waals surface area (Å²) in [7, 11) is 0. The van der Waals surface area contributed by atoms with Crippen LogP contribution < -0.4 is 0 Å². The maximum atomic E-state index is 10.0. The molecule has 1 radical (unpaired) electrons. The first-order chi connectivity index (χ1) is 12.5. The molecule has 1 aromatic heterocycles. The third kappa shape index (κ3) is 5.36. The Labute approximate surface area is 176 Å².